The number of pyridine rings is 1. The van der Waals surface area contributed by atoms with E-state index in [4.69, 9.17) is 4.74 Å². The zero-order chi connectivity index (χ0) is 13.7. The molecule has 1 aromatic heterocycles. The molecule has 1 heterocycles. The van der Waals surface area contributed by atoms with Crippen molar-refractivity contribution in [3.8, 4) is 0 Å². The average Bonchev–Trinajstić information content (AvgIpc) is 2.39. The van der Waals surface area contributed by atoms with Crippen molar-refractivity contribution in [1.82, 2.24) is 4.98 Å². The Balaban J connectivity index is 2.25. The molecule has 3 heteroatoms. The number of nitrogens with zero attached hydrogens (tertiary/aromatic N) is 1. The predicted octanol–water partition coefficient (Wildman–Crippen LogP) is 3.84. The number of aromatic nitrogens is 1. The largest absolute Gasteiger partial charge is 0.376 e. The van der Waals surface area contributed by atoms with E-state index in [0.717, 1.165) is 35.4 Å². The quantitative estimate of drug-likeness (QED) is 0.854. The van der Waals surface area contributed by atoms with Crippen LogP contribution in [-0.2, 0) is 11.3 Å². The minimum absolute atomic E-state index is 0.552. The molecular formula is C16H22N2O. The van der Waals surface area contributed by atoms with Crippen LogP contribution in [0.3, 0.4) is 0 Å². The van der Waals surface area contributed by atoms with Crippen LogP contribution < -0.4 is 5.32 Å². The Kier molecular flexibility index (Phi) is 4.74. The van der Waals surface area contributed by atoms with Crippen LogP contribution in [0.5, 0.6) is 0 Å². The number of benzene rings is 1. The van der Waals surface area contributed by atoms with Gasteiger partial charge in [-0.3, -0.25) is 0 Å². The van der Waals surface area contributed by atoms with Gasteiger partial charge in [-0.2, -0.15) is 0 Å². The maximum absolute atomic E-state index is 5.74. The van der Waals surface area contributed by atoms with Gasteiger partial charge in [0.1, 0.15) is 5.82 Å². The molecular weight excluding hydrogens is 236 g/mol. The summed E-state index contributed by atoms with van der Waals surface area (Å²) in [6.45, 7) is 8.64. The minimum atomic E-state index is 0.552. The Morgan fingerprint density at radius 1 is 1.26 bits per heavy atom. The van der Waals surface area contributed by atoms with Gasteiger partial charge in [0.2, 0.25) is 0 Å². The number of anilines is 1. The molecule has 0 spiro atoms. The third-order valence-electron chi connectivity index (χ3n) is 2.86. The summed E-state index contributed by atoms with van der Waals surface area (Å²) in [5, 5.41) is 4.47. The van der Waals surface area contributed by atoms with Crippen LogP contribution in [0, 0.1) is 5.92 Å². The van der Waals surface area contributed by atoms with Crippen molar-refractivity contribution in [3.63, 3.8) is 0 Å². The molecule has 0 aliphatic carbocycles. The fraction of sp³-hybridized carbons (Fsp3) is 0.438. The molecule has 0 saturated heterocycles. The summed E-state index contributed by atoms with van der Waals surface area (Å²) in [5.74, 6) is 1.49. The van der Waals surface area contributed by atoms with Crippen LogP contribution in [0.25, 0.3) is 10.9 Å². The van der Waals surface area contributed by atoms with Gasteiger partial charge in [0.15, 0.2) is 0 Å². The highest BCUT2D eigenvalue weighted by Crippen LogP contribution is 2.21. The number of ether oxygens (including phenoxy) is 1. The van der Waals surface area contributed by atoms with E-state index in [1.807, 2.05) is 18.2 Å². The Labute approximate surface area is 115 Å². The lowest BCUT2D eigenvalue weighted by molar-refractivity contribution is 0.0973. The van der Waals surface area contributed by atoms with Gasteiger partial charge in [-0.05, 0) is 25.0 Å². The van der Waals surface area contributed by atoms with Gasteiger partial charge in [-0.1, -0.05) is 32.0 Å². The highest BCUT2D eigenvalue weighted by molar-refractivity contribution is 5.81. The van der Waals surface area contributed by atoms with E-state index in [-0.39, 0.29) is 0 Å². The molecule has 19 heavy (non-hydrogen) atoms. The lowest BCUT2D eigenvalue weighted by atomic mass is 10.1. The van der Waals surface area contributed by atoms with Gasteiger partial charge in [0.25, 0.3) is 0 Å². The maximum Gasteiger partial charge on any atom is 0.132 e. The van der Waals surface area contributed by atoms with E-state index in [9.17, 15) is 0 Å². The van der Waals surface area contributed by atoms with Crippen molar-refractivity contribution >= 4 is 16.7 Å². The van der Waals surface area contributed by atoms with Crippen molar-refractivity contribution in [2.45, 2.75) is 27.4 Å². The normalized spacial score (nSPS) is 11.2. The first kappa shape index (κ1) is 13.8. The third-order valence-corrected chi connectivity index (χ3v) is 2.86. The minimum Gasteiger partial charge on any atom is -0.376 e. The molecule has 0 unspecified atom stereocenters. The molecule has 1 N–H and O–H groups in total. The van der Waals surface area contributed by atoms with Gasteiger partial charge in [0, 0.05) is 24.1 Å². The molecule has 0 aliphatic rings. The first-order chi connectivity index (χ1) is 9.20. The number of nitrogens with one attached hydrogen (secondary N) is 1. The van der Waals surface area contributed by atoms with Gasteiger partial charge in [-0.25, -0.2) is 4.98 Å². The van der Waals surface area contributed by atoms with Crippen molar-refractivity contribution in [1.29, 1.82) is 0 Å². The Morgan fingerprint density at radius 3 is 2.79 bits per heavy atom. The maximum atomic E-state index is 5.74. The van der Waals surface area contributed by atoms with Crippen molar-refractivity contribution in [3.05, 3.63) is 35.9 Å². The molecule has 0 saturated carbocycles. The first-order valence-electron chi connectivity index (χ1n) is 6.91. The van der Waals surface area contributed by atoms with Crippen LogP contribution in [-0.4, -0.2) is 18.1 Å². The Bertz CT molecular complexity index is 537. The molecule has 0 aliphatic heterocycles. The van der Waals surface area contributed by atoms with Crippen LogP contribution in [0.2, 0.25) is 0 Å². The lowest BCUT2D eigenvalue weighted by Gasteiger charge is -2.13. The van der Waals surface area contributed by atoms with Crippen LogP contribution >= 0.6 is 0 Å². The van der Waals surface area contributed by atoms with Gasteiger partial charge < -0.3 is 10.1 Å². The molecule has 2 rings (SSSR count). The summed E-state index contributed by atoms with van der Waals surface area (Å²) in [6.07, 6.45) is 0. The molecule has 2 aromatic rings. The molecule has 1 aromatic carbocycles. The summed E-state index contributed by atoms with van der Waals surface area (Å²) in [6, 6.07) is 10.3. The van der Waals surface area contributed by atoms with Gasteiger partial charge >= 0.3 is 0 Å². The second-order valence-corrected chi connectivity index (χ2v) is 5.13. The predicted molar refractivity (Wildman–Crippen MR) is 80.4 cm³/mol. The fourth-order valence-corrected chi connectivity index (χ4v) is 1.99. The van der Waals surface area contributed by atoms with Crippen LogP contribution in [0.4, 0.5) is 5.82 Å². The zero-order valence-electron chi connectivity index (χ0n) is 11.9. The number of fused-ring (bicyclic) bond motifs is 1. The molecule has 0 bridgehead atoms. The summed E-state index contributed by atoms with van der Waals surface area (Å²) in [7, 11) is 0. The number of hydrogen-bond donors (Lipinski definition) is 1. The SMILES string of the molecule is CCNc1nc2ccccc2cc1COCC(C)C. The van der Waals surface area contributed by atoms with Crippen molar-refractivity contribution < 1.29 is 4.74 Å². The first-order valence-corrected chi connectivity index (χ1v) is 6.91. The molecule has 0 amide bonds. The molecule has 0 fully saturated rings. The monoisotopic (exact) mass is 258 g/mol. The highest BCUT2D eigenvalue weighted by atomic mass is 16.5. The van der Waals surface area contributed by atoms with E-state index >= 15 is 0 Å². The number of para-hydroxylation sites is 1. The zero-order valence-corrected chi connectivity index (χ0v) is 11.9. The molecule has 0 atom stereocenters. The Morgan fingerprint density at radius 2 is 2.05 bits per heavy atom. The van der Waals surface area contributed by atoms with Gasteiger partial charge in [0.05, 0.1) is 12.1 Å². The standard InChI is InChI=1S/C16H22N2O/c1-4-17-16-14(11-19-10-12(2)3)9-13-7-5-6-8-15(13)18-16/h5-9,12H,4,10-11H2,1-3H3,(H,17,18). The molecule has 3 nitrogen and oxygen atoms in total. The lowest BCUT2D eigenvalue weighted by Crippen LogP contribution is -2.07. The topological polar surface area (TPSA) is 34.2 Å². The van der Waals surface area contributed by atoms with Gasteiger partial charge in [-0.15, -0.1) is 0 Å². The summed E-state index contributed by atoms with van der Waals surface area (Å²) in [4.78, 5) is 4.67. The van der Waals surface area contributed by atoms with Crippen molar-refractivity contribution in [2.75, 3.05) is 18.5 Å². The highest BCUT2D eigenvalue weighted by Gasteiger charge is 2.06. The number of rotatable bonds is 6. The number of hydrogen-bond acceptors (Lipinski definition) is 3. The van der Waals surface area contributed by atoms with E-state index in [1.165, 1.54) is 0 Å². The third kappa shape index (κ3) is 3.67. The smallest absolute Gasteiger partial charge is 0.132 e. The second-order valence-electron chi connectivity index (χ2n) is 5.13. The summed E-state index contributed by atoms with van der Waals surface area (Å²) >= 11 is 0. The van der Waals surface area contributed by atoms with E-state index in [2.05, 4.69) is 43.2 Å². The average molecular weight is 258 g/mol. The van der Waals surface area contributed by atoms with E-state index in [1.54, 1.807) is 0 Å². The molecule has 102 valence electrons. The van der Waals surface area contributed by atoms with E-state index in [0.29, 0.717) is 12.5 Å². The summed E-state index contributed by atoms with van der Waals surface area (Å²) in [5.41, 5.74) is 2.15. The van der Waals surface area contributed by atoms with Crippen LogP contribution in [0.15, 0.2) is 30.3 Å². The Hall–Kier alpha value is -1.61. The summed E-state index contributed by atoms with van der Waals surface area (Å²) < 4.78 is 5.74. The molecule has 0 radical (unpaired) electrons. The van der Waals surface area contributed by atoms with E-state index < -0.39 is 0 Å². The fourth-order valence-electron chi connectivity index (χ4n) is 1.99. The van der Waals surface area contributed by atoms with Crippen molar-refractivity contribution in [2.24, 2.45) is 5.92 Å². The second kappa shape index (κ2) is 6.53. The van der Waals surface area contributed by atoms with Crippen LogP contribution in [0.1, 0.15) is 26.3 Å².